The van der Waals surface area contributed by atoms with Gasteiger partial charge in [-0.2, -0.15) is 0 Å². The van der Waals surface area contributed by atoms with Gasteiger partial charge in [-0.25, -0.2) is 0 Å². The number of rotatable bonds is 4. The van der Waals surface area contributed by atoms with Crippen LogP contribution >= 0.6 is 0 Å². The highest BCUT2D eigenvalue weighted by atomic mass is 16.5. The summed E-state index contributed by atoms with van der Waals surface area (Å²) in [5.41, 5.74) is 0.261. The number of methoxy groups -OCH3 is 1. The first-order valence-corrected chi connectivity index (χ1v) is 6.08. The van der Waals surface area contributed by atoms with Gasteiger partial charge in [0.05, 0.1) is 12.7 Å². The molecular weight excluding hydrogens is 204 g/mol. The molecule has 0 amide bonds. The van der Waals surface area contributed by atoms with Crippen LogP contribution in [0.2, 0.25) is 0 Å². The van der Waals surface area contributed by atoms with Crippen LogP contribution in [-0.4, -0.2) is 73.0 Å². The average molecular weight is 230 g/mol. The SMILES string of the molecule is COCC(O)CN1CCN(C(C)(C)C)CC1. The highest BCUT2D eigenvalue weighted by molar-refractivity contribution is 4.82. The molecule has 0 aliphatic carbocycles. The first kappa shape index (κ1) is 13.9. The second kappa shape index (κ2) is 5.96. The number of hydrogen-bond acceptors (Lipinski definition) is 4. The number of aliphatic hydroxyl groups is 1. The van der Waals surface area contributed by atoms with Crippen LogP contribution in [0.1, 0.15) is 20.8 Å². The zero-order valence-corrected chi connectivity index (χ0v) is 11.1. The minimum atomic E-state index is -0.355. The Kier molecular flexibility index (Phi) is 5.18. The molecule has 4 nitrogen and oxygen atoms in total. The normalized spacial score (nSPS) is 22.3. The zero-order chi connectivity index (χ0) is 12.2. The van der Waals surface area contributed by atoms with E-state index in [-0.39, 0.29) is 11.6 Å². The highest BCUT2D eigenvalue weighted by Gasteiger charge is 2.26. The molecule has 1 saturated heterocycles. The average Bonchev–Trinajstić information content (AvgIpc) is 2.17. The molecule has 1 aliphatic rings. The lowest BCUT2D eigenvalue weighted by atomic mass is 10.0. The maximum absolute atomic E-state index is 9.65. The summed E-state index contributed by atoms with van der Waals surface area (Å²) >= 11 is 0. The molecule has 1 N–H and O–H groups in total. The lowest BCUT2D eigenvalue weighted by Gasteiger charge is -2.42. The third-order valence-electron chi connectivity index (χ3n) is 3.15. The summed E-state index contributed by atoms with van der Waals surface area (Å²) in [5.74, 6) is 0. The van der Waals surface area contributed by atoms with Gasteiger partial charge in [-0.15, -0.1) is 0 Å². The van der Waals surface area contributed by atoms with Crippen molar-refractivity contribution in [2.75, 3.05) is 46.4 Å². The van der Waals surface area contributed by atoms with E-state index in [1.54, 1.807) is 7.11 Å². The van der Waals surface area contributed by atoms with E-state index in [2.05, 4.69) is 30.6 Å². The number of piperazine rings is 1. The Labute approximate surface area is 99.2 Å². The van der Waals surface area contributed by atoms with E-state index in [1.165, 1.54) is 0 Å². The van der Waals surface area contributed by atoms with Crippen molar-refractivity contribution < 1.29 is 9.84 Å². The predicted molar refractivity (Wildman–Crippen MR) is 65.6 cm³/mol. The van der Waals surface area contributed by atoms with Crippen molar-refractivity contribution in [2.24, 2.45) is 0 Å². The van der Waals surface area contributed by atoms with Gasteiger partial charge in [-0.3, -0.25) is 9.80 Å². The van der Waals surface area contributed by atoms with Gasteiger partial charge in [0, 0.05) is 45.4 Å². The van der Waals surface area contributed by atoms with E-state index >= 15 is 0 Å². The molecule has 16 heavy (non-hydrogen) atoms. The van der Waals surface area contributed by atoms with Crippen molar-refractivity contribution in [3.63, 3.8) is 0 Å². The molecule has 1 heterocycles. The van der Waals surface area contributed by atoms with E-state index in [1.807, 2.05) is 0 Å². The molecule has 0 saturated carbocycles. The van der Waals surface area contributed by atoms with Crippen molar-refractivity contribution in [1.82, 2.24) is 9.80 Å². The Morgan fingerprint density at radius 3 is 2.19 bits per heavy atom. The summed E-state index contributed by atoms with van der Waals surface area (Å²) in [4.78, 5) is 4.80. The minimum Gasteiger partial charge on any atom is -0.389 e. The summed E-state index contributed by atoms with van der Waals surface area (Å²) in [6.45, 7) is 12.2. The van der Waals surface area contributed by atoms with Crippen LogP contribution in [0, 0.1) is 0 Å². The number of nitrogens with zero attached hydrogens (tertiary/aromatic N) is 2. The quantitative estimate of drug-likeness (QED) is 0.759. The first-order valence-electron chi connectivity index (χ1n) is 6.08. The van der Waals surface area contributed by atoms with E-state index in [4.69, 9.17) is 4.74 Å². The molecule has 0 aromatic heterocycles. The fourth-order valence-corrected chi connectivity index (χ4v) is 2.14. The van der Waals surface area contributed by atoms with Crippen molar-refractivity contribution in [3.8, 4) is 0 Å². The molecule has 0 bridgehead atoms. The number of ether oxygens (including phenoxy) is 1. The lowest BCUT2D eigenvalue weighted by Crippen LogP contribution is -2.54. The maximum atomic E-state index is 9.65. The van der Waals surface area contributed by atoms with E-state index in [9.17, 15) is 5.11 Å². The highest BCUT2D eigenvalue weighted by Crippen LogP contribution is 2.15. The number of β-amino-alcohol motifs (C(OH)–C–C–N with tert-alkyl or cyclic N) is 1. The third kappa shape index (κ3) is 4.37. The van der Waals surface area contributed by atoms with Crippen LogP contribution in [0.3, 0.4) is 0 Å². The van der Waals surface area contributed by atoms with Crippen LogP contribution in [0.25, 0.3) is 0 Å². The van der Waals surface area contributed by atoms with Crippen LogP contribution in [-0.2, 0) is 4.74 Å². The maximum Gasteiger partial charge on any atom is 0.0900 e. The monoisotopic (exact) mass is 230 g/mol. The van der Waals surface area contributed by atoms with Crippen molar-refractivity contribution in [2.45, 2.75) is 32.4 Å². The molecule has 0 aromatic carbocycles. The van der Waals surface area contributed by atoms with Gasteiger partial charge in [-0.1, -0.05) is 0 Å². The summed E-state index contributed by atoms with van der Waals surface area (Å²) < 4.78 is 4.93. The standard InChI is InChI=1S/C12H26N2O2/c1-12(2,3)14-7-5-13(6-8-14)9-11(15)10-16-4/h11,15H,5-10H2,1-4H3. The van der Waals surface area contributed by atoms with Crippen LogP contribution in [0.5, 0.6) is 0 Å². The summed E-state index contributed by atoms with van der Waals surface area (Å²) in [7, 11) is 1.63. The van der Waals surface area contributed by atoms with Crippen molar-refractivity contribution in [3.05, 3.63) is 0 Å². The molecular formula is C12H26N2O2. The lowest BCUT2D eigenvalue weighted by molar-refractivity contribution is 0.00955. The van der Waals surface area contributed by atoms with Gasteiger partial charge in [0.15, 0.2) is 0 Å². The van der Waals surface area contributed by atoms with Crippen LogP contribution < -0.4 is 0 Å². The van der Waals surface area contributed by atoms with Gasteiger partial charge in [0.25, 0.3) is 0 Å². The van der Waals surface area contributed by atoms with E-state index in [0.717, 1.165) is 32.7 Å². The fourth-order valence-electron chi connectivity index (χ4n) is 2.14. The molecule has 0 aromatic rings. The Morgan fingerprint density at radius 1 is 1.19 bits per heavy atom. The topological polar surface area (TPSA) is 35.9 Å². The Morgan fingerprint density at radius 2 is 1.75 bits per heavy atom. The van der Waals surface area contributed by atoms with E-state index in [0.29, 0.717) is 6.61 Å². The van der Waals surface area contributed by atoms with Gasteiger partial charge < -0.3 is 9.84 Å². The molecule has 1 atom stereocenters. The molecule has 1 unspecified atom stereocenters. The van der Waals surface area contributed by atoms with Crippen molar-refractivity contribution in [1.29, 1.82) is 0 Å². The third-order valence-corrected chi connectivity index (χ3v) is 3.15. The van der Waals surface area contributed by atoms with E-state index < -0.39 is 0 Å². The molecule has 96 valence electrons. The van der Waals surface area contributed by atoms with Gasteiger partial charge in [0.1, 0.15) is 0 Å². The minimum absolute atomic E-state index is 0.261. The molecule has 1 aliphatic heterocycles. The van der Waals surface area contributed by atoms with Crippen molar-refractivity contribution >= 4 is 0 Å². The fraction of sp³-hybridized carbons (Fsp3) is 1.00. The summed E-state index contributed by atoms with van der Waals surface area (Å²) in [5, 5.41) is 9.65. The van der Waals surface area contributed by atoms with Crippen LogP contribution in [0.4, 0.5) is 0 Å². The van der Waals surface area contributed by atoms with Gasteiger partial charge in [0.2, 0.25) is 0 Å². The van der Waals surface area contributed by atoms with Gasteiger partial charge >= 0.3 is 0 Å². The molecule has 1 fully saturated rings. The second-order valence-corrected chi connectivity index (χ2v) is 5.57. The molecule has 0 spiro atoms. The number of aliphatic hydroxyl groups excluding tert-OH is 1. The number of hydrogen-bond donors (Lipinski definition) is 1. The smallest absolute Gasteiger partial charge is 0.0900 e. The molecule has 1 rings (SSSR count). The first-order chi connectivity index (χ1) is 7.43. The summed E-state index contributed by atoms with van der Waals surface area (Å²) in [6, 6.07) is 0. The Balaban J connectivity index is 2.27. The van der Waals surface area contributed by atoms with Gasteiger partial charge in [-0.05, 0) is 20.8 Å². The predicted octanol–water partition coefficient (Wildman–Crippen LogP) is 0.410. The summed E-state index contributed by atoms with van der Waals surface area (Å²) in [6.07, 6.45) is -0.355. The zero-order valence-electron chi connectivity index (χ0n) is 11.1. The molecule has 4 heteroatoms. The largest absolute Gasteiger partial charge is 0.389 e. The Hall–Kier alpha value is -0.160. The second-order valence-electron chi connectivity index (χ2n) is 5.57. The Bertz CT molecular complexity index is 196. The molecule has 0 radical (unpaired) electrons. The van der Waals surface area contributed by atoms with Crippen LogP contribution in [0.15, 0.2) is 0 Å².